The summed E-state index contributed by atoms with van der Waals surface area (Å²) in [5.74, 6) is 1.09. The van der Waals surface area contributed by atoms with Gasteiger partial charge in [0, 0.05) is 12.6 Å². The molecule has 0 saturated carbocycles. The molecule has 1 N–H and O–H groups in total. The van der Waals surface area contributed by atoms with Gasteiger partial charge in [0.2, 0.25) is 12.7 Å². The highest BCUT2D eigenvalue weighted by atomic mass is 16.7. The van der Waals surface area contributed by atoms with Crippen LogP contribution in [-0.2, 0) is 4.79 Å². The summed E-state index contributed by atoms with van der Waals surface area (Å²) in [5.41, 5.74) is 0.560. The molecule has 0 fully saturated rings. The van der Waals surface area contributed by atoms with Crippen molar-refractivity contribution in [2.24, 2.45) is 0 Å². The first-order valence-electron chi connectivity index (χ1n) is 6.49. The third kappa shape index (κ3) is 3.27. The van der Waals surface area contributed by atoms with E-state index in [0.717, 1.165) is 0 Å². The second-order valence-corrected chi connectivity index (χ2v) is 4.47. The van der Waals surface area contributed by atoms with Gasteiger partial charge >= 0.3 is 0 Å². The van der Waals surface area contributed by atoms with Gasteiger partial charge in [0.15, 0.2) is 17.3 Å². The van der Waals surface area contributed by atoms with Crippen LogP contribution in [0.25, 0.3) is 0 Å². The molecule has 0 unspecified atom stereocenters. The Hall–Kier alpha value is -2.08. The lowest BCUT2D eigenvalue weighted by Gasteiger charge is -2.18. The van der Waals surface area contributed by atoms with Crippen molar-refractivity contribution < 1.29 is 19.1 Å². The predicted molar refractivity (Wildman–Crippen MR) is 73.1 cm³/mol. The van der Waals surface area contributed by atoms with Crippen LogP contribution < -0.4 is 14.8 Å². The van der Waals surface area contributed by atoms with Crippen LogP contribution in [0.5, 0.6) is 11.5 Å². The SMILES string of the molecule is CCN(CC(=O)NC)CC(=O)c1ccc2c(c1)OCO2. The van der Waals surface area contributed by atoms with Gasteiger partial charge in [0.25, 0.3) is 0 Å². The Morgan fingerprint density at radius 1 is 1.25 bits per heavy atom. The molecule has 108 valence electrons. The van der Waals surface area contributed by atoms with E-state index in [2.05, 4.69) is 5.32 Å². The number of amides is 1. The molecule has 1 amide bonds. The summed E-state index contributed by atoms with van der Waals surface area (Å²) in [7, 11) is 1.58. The lowest BCUT2D eigenvalue weighted by Crippen LogP contribution is -2.38. The normalized spacial score (nSPS) is 12.6. The smallest absolute Gasteiger partial charge is 0.233 e. The van der Waals surface area contributed by atoms with Crippen LogP contribution in [0.3, 0.4) is 0 Å². The van der Waals surface area contributed by atoms with E-state index in [1.54, 1.807) is 30.1 Å². The monoisotopic (exact) mass is 278 g/mol. The molecule has 6 nitrogen and oxygen atoms in total. The molecular formula is C14H18N2O4. The zero-order valence-electron chi connectivity index (χ0n) is 11.6. The number of carbonyl (C=O) groups is 2. The van der Waals surface area contributed by atoms with Crippen molar-refractivity contribution in [2.75, 3.05) is 33.5 Å². The molecule has 1 aliphatic rings. The van der Waals surface area contributed by atoms with Gasteiger partial charge in [0.05, 0.1) is 13.1 Å². The molecule has 0 aromatic heterocycles. The van der Waals surface area contributed by atoms with Crippen LogP contribution >= 0.6 is 0 Å². The number of nitrogens with one attached hydrogen (secondary N) is 1. The number of ketones is 1. The van der Waals surface area contributed by atoms with E-state index in [1.165, 1.54) is 0 Å². The standard InChI is InChI=1S/C14H18N2O4/c1-3-16(8-14(18)15-2)7-11(17)10-4-5-12-13(6-10)20-9-19-12/h4-6H,3,7-9H2,1-2H3,(H,15,18). The Kier molecular flexibility index (Phi) is 4.57. The first-order valence-corrected chi connectivity index (χ1v) is 6.49. The third-order valence-corrected chi connectivity index (χ3v) is 3.16. The van der Waals surface area contributed by atoms with Gasteiger partial charge in [-0.15, -0.1) is 0 Å². The summed E-state index contributed by atoms with van der Waals surface area (Å²) in [5, 5.41) is 2.55. The summed E-state index contributed by atoms with van der Waals surface area (Å²) in [6, 6.07) is 5.12. The molecule has 1 aromatic carbocycles. The topological polar surface area (TPSA) is 67.9 Å². The predicted octanol–water partition coefficient (Wildman–Crippen LogP) is 0.666. The maximum Gasteiger partial charge on any atom is 0.233 e. The van der Waals surface area contributed by atoms with Crippen molar-refractivity contribution in [2.45, 2.75) is 6.92 Å². The van der Waals surface area contributed by atoms with E-state index in [0.29, 0.717) is 23.6 Å². The van der Waals surface area contributed by atoms with Crippen LogP contribution in [0.2, 0.25) is 0 Å². The van der Waals surface area contributed by atoms with E-state index in [4.69, 9.17) is 9.47 Å². The largest absolute Gasteiger partial charge is 0.454 e. The highest BCUT2D eigenvalue weighted by molar-refractivity contribution is 5.98. The zero-order valence-corrected chi connectivity index (χ0v) is 11.6. The fraction of sp³-hybridized carbons (Fsp3) is 0.429. The first-order chi connectivity index (χ1) is 9.63. The number of rotatable bonds is 6. The van der Waals surface area contributed by atoms with E-state index < -0.39 is 0 Å². The van der Waals surface area contributed by atoms with Crippen molar-refractivity contribution in [1.82, 2.24) is 10.2 Å². The van der Waals surface area contributed by atoms with Crippen LogP contribution in [-0.4, -0.2) is 50.1 Å². The second-order valence-electron chi connectivity index (χ2n) is 4.47. The lowest BCUT2D eigenvalue weighted by atomic mass is 10.1. The number of fused-ring (bicyclic) bond motifs is 1. The third-order valence-electron chi connectivity index (χ3n) is 3.16. The van der Waals surface area contributed by atoms with Gasteiger partial charge in [-0.05, 0) is 24.7 Å². The van der Waals surface area contributed by atoms with Gasteiger partial charge in [0.1, 0.15) is 0 Å². The quantitative estimate of drug-likeness (QED) is 0.774. The molecule has 6 heteroatoms. The van der Waals surface area contributed by atoms with Crippen molar-refractivity contribution in [3.63, 3.8) is 0 Å². The van der Waals surface area contributed by atoms with Crippen molar-refractivity contribution in [3.05, 3.63) is 23.8 Å². The molecule has 0 saturated heterocycles. The maximum atomic E-state index is 12.2. The average Bonchev–Trinajstić information content (AvgIpc) is 2.93. The van der Waals surface area contributed by atoms with E-state index in [-0.39, 0.29) is 31.6 Å². The summed E-state index contributed by atoms with van der Waals surface area (Å²) in [4.78, 5) is 25.3. The fourth-order valence-corrected chi connectivity index (χ4v) is 1.93. The van der Waals surface area contributed by atoms with Gasteiger partial charge in [-0.1, -0.05) is 6.92 Å². The van der Waals surface area contributed by atoms with Gasteiger partial charge in [-0.3, -0.25) is 14.5 Å². The molecule has 0 atom stereocenters. The highest BCUT2D eigenvalue weighted by Crippen LogP contribution is 2.32. The molecule has 1 heterocycles. The Morgan fingerprint density at radius 3 is 2.70 bits per heavy atom. The molecule has 20 heavy (non-hydrogen) atoms. The lowest BCUT2D eigenvalue weighted by molar-refractivity contribution is -0.121. The van der Waals surface area contributed by atoms with Crippen LogP contribution in [0.1, 0.15) is 17.3 Å². The molecule has 0 spiro atoms. The van der Waals surface area contributed by atoms with Crippen molar-refractivity contribution in [3.8, 4) is 11.5 Å². The van der Waals surface area contributed by atoms with E-state index in [1.807, 2.05) is 6.92 Å². The summed E-state index contributed by atoms with van der Waals surface area (Å²) < 4.78 is 10.5. The van der Waals surface area contributed by atoms with E-state index >= 15 is 0 Å². The number of Topliss-reactive ketones (excluding diaryl/α,β-unsaturated/α-hetero) is 1. The fourth-order valence-electron chi connectivity index (χ4n) is 1.93. The Balaban J connectivity index is 2.01. The maximum absolute atomic E-state index is 12.2. The Morgan fingerprint density at radius 2 is 2.00 bits per heavy atom. The summed E-state index contributed by atoms with van der Waals surface area (Å²) in [6.45, 7) is 3.14. The molecule has 0 radical (unpaired) electrons. The van der Waals surface area contributed by atoms with Crippen molar-refractivity contribution in [1.29, 1.82) is 0 Å². The number of nitrogens with zero attached hydrogens (tertiary/aromatic N) is 1. The average molecular weight is 278 g/mol. The Bertz CT molecular complexity index is 516. The zero-order chi connectivity index (χ0) is 14.5. The van der Waals surface area contributed by atoms with Crippen LogP contribution in [0.4, 0.5) is 0 Å². The number of benzene rings is 1. The second kappa shape index (κ2) is 6.38. The minimum absolute atomic E-state index is 0.0472. The summed E-state index contributed by atoms with van der Waals surface area (Å²) >= 11 is 0. The summed E-state index contributed by atoms with van der Waals surface area (Å²) in [6.07, 6.45) is 0. The van der Waals surface area contributed by atoms with E-state index in [9.17, 15) is 9.59 Å². The number of ether oxygens (including phenoxy) is 2. The number of hydrogen-bond donors (Lipinski definition) is 1. The van der Waals surface area contributed by atoms with Gasteiger partial charge < -0.3 is 14.8 Å². The van der Waals surface area contributed by atoms with Gasteiger partial charge in [-0.25, -0.2) is 0 Å². The van der Waals surface area contributed by atoms with Crippen molar-refractivity contribution >= 4 is 11.7 Å². The van der Waals surface area contributed by atoms with Crippen LogP contribution in [0.15, 0.2) is 18.2 Å². The molecule has 2 rings (SSSR count). The highest BCUT2D eigenvalue weighted by Gasteiger charge is 2.18. The number of hydrogen-bond acceptors (Lipinski definition) is 5. The molecule has 1 aliphatic heterocycles. The number of likely N-dealkylation sites (N-methyl/N-ethyl adjacent to an activating group) is 2. The minimum atomic E-state index is -0.106. The molecule has 1 aromatic rings. The van der Waals surface area contributed by atoms with Gasteiger partial charge in [-0.2, -0.15) is 0 Å². The van der Waals surface area contributed by atoms with Crippen LogP contribution in [0, 0.1) is 0 Å². The number of carbonyl (C=O) groups excluding carboxylic acids is 2. The Labute approximate surface area is 117 Å². The first kappa shape index (κ1) is 14.3. The minimum Gasteiger partial charge on any atom is -0.454 e. The molecule has 0 bridgehead atoms. The molecule has 0 aliphatic carbocycles. The molecular weight excluding hydrogens is 260 g/mol.